The third-order valence-electron chi connectivity index (χ3n) is 1.08. The van der Waals surface area contributed by atoms with Crippen LogP contribution in [0.5, 0.6) is 0 Å². The van der Waals surface area contributed by atoms with Gasteiger partial charge in [-0.15, -0.1) is 0 Å². The van der Waals surface area contributed by atoms with Crippen molar-refractivity contribution in [3.05, 3.63) is 30.1 Å². The molecule has 0 N–H and O–H groups in total. The van der Waals surface area contributed by atoms with Gasteiger partial charge in [-0.05, 0) is 38.2 Å². The zero-order valence-corrected chi connectivity index (χ0v) is 9.95. The first-order valence-electron chi connectivity index (χ1n) is 2.71. The minimum atomic E-state index is -3.68. The molecule has 0 spiro atoms. The Kier molecular flexibility index (Phi) is 4.83. The van der Waals surface area contributed by atoms with E-state index in [2.05, 4.69) is 11.2 Å². The molecule has 0 radical (unpaired) electrons. The van der Waals surface area contributed by atoms with Crippen LogP contribution in [0.15, 0.2) is 29.2 Å². The van der Waals surface area contributed by atoms with E-state index in [1.54, 1.807) is 0 Å². The normalized spacial score (nSPS) is 14.5. The van der Waals surface area contributed by atoms with Crippen LogP contribution in [0.2, 0.25) is 0 Å². The fourth-order valence-electron chi connectivity index (χ4n) is 0.623. The van der Waals surface area contributed by atoms with Gasteiger partial charge in [0.25, 0.3) is 0 Å². The summed E-state index contributed by atoms with van der Waals surface area (Å²) < 4.78 is 33.7. The van der Waals surface area contributed by atoms with Gasteiger partial charge >= 0.3 is 29.6 Å². The molecule has 0 heterocycles. The van der Waals surface area contributed by atoms with Crippen LogP contribution in [0.3, 0.4) is 0 Å². The van der Waals surface area contributed by atoms with Crippen molar-refractivity contribution >= 4 is 20.0 Å². The topological polar surface area (TPSA) is 40.1 Å². The summed E-state index contributed by atoms with van der Waals surface area (Å²) in [4.78, 5) is -0.174. The van der Waals surface area contributed by atoms with Gasteiger partial charge in [-0.1, -0.05) is 6.07 Å². The van der Waals surface area contributed by atoms with Crippen LogP contribution in [0, 0.1) is 5.82 Å². The van der Waals surface area contributed by atoms with Crippen LogP contribution in [0.1, 0.15) is 0 Å². The van der Waals surface area contributed by atoms with E-state index in [4.69, 9.17) is 0 Å². The van der Waals surface area contributed by atoms with Gasteiger partial charge in [0.15, 0.2) is 0 Å². The second kappa shape index (κ2) is 4.64. The van der Waals surface area contributed by atoms with Crippen molar-refractivity contribution in [2.45, 2.75) is 4.90 Å². The Morgan fingerprint density at radius 3 is 2.42 bits per heavy atom. The van der Waals surface area contributed by atoms with Crippen molar-refractivity contribution in [3.8, 4) is 0 Å². The Bertz CT molecular complexity index is 364. The Morgan fingerprint density at radius 2 is 2.08 bits per heavy atom. The van der Waals surface area contributed by atoms with Crippen molar-refractivity contribution < 1.29 is 42.7 Å². The van der Waals surface area contributed by atoms with E-state index in [9.17, 15) is 13.2 Å². The monoisotopic (exact) mass is 214 g/mol. The SMILES string of the molecule is O=S([O-])(=S)c1cccc(F)c1.[Na+]. The quantitative estimate of drug-likeness (QED) is 0.511. The molecule has 60 valence electrons. The van der Waals surface area contributed by atoms with Crippen LogP contribution in [-0.4, -0.2) is 8.76 Å². The molecular formula is C6H4FNaO2S2. The maximum Gasteiger partial charge on any atom is 1.00 e. The summed E-state index contributed by atoms with van der Waals surface area (Å²) in [7, 11) is -3.68. The smallest absolute Gasteiger partial charge is 0.766 e. The van der Waals surface area contributed by atoms with Crippen molar-refractivity contribution in [2.24, 2.45) is 0 Å². The van der Waals surface area contributed by atoms with E-state index in [0.717, 1.165) is 12.1 Å². The van der Waals surface area contributed by atoms with Gasteiger partial charge in [0.1, 0.15) is 5.82 Å². The first-order chi connectivity index (χ1) is 5.00. The van der Waals surface area contributed by atoms with E-state index in [-0.39, 0.29) is 34.5 Å². The minimum absolute atomic E-state index is 0. The predicted octanol–water partition coefficient (Wildman–Crippen LogP) is -1.93. The second-order valence-corrected chi connectivity index (χ2v) is 4.61. The Labute approximate surface area is 97.0 Å². The van der Waals surface area contributed by atoms with Crippen molar-refractivity contribution in [1.82, 2.24) is 0 Å². The van der Waals surface area contributed by atoms with Crippen LogP contribution >= 0.6 is 0 Å². The third-order valence-corrected chi connectivity index (χ3v) is 2.49. The van der Waals surface area contributed by atoms with Crippen molar-refractivity contribution in [1.29, 1.82) is 0 Å². The first kappa shape index (κ1) is 12.5. The average Bonchev–Trinajstić information content (AvgIpc) is 1.86. The predicted molar refractivity (Wildman–Crippen MR) is 41.0 cm³/mol. The van der Waals surface area contributed by atoms with Crippen molar-refractivity contribution in [3.63, 3.8) is 0 Å². The van der Waals surface area contributed by atoms with E-state index in [1.165, 1.54) is 12.1 Å². The molecule has 0 aliphatic rings. The second-order valence-electron chi connectivity index (χ2n) is 1.91. The van der Waals surface area contributed by atoms with Gasteiger partial charge in [-0.2, -0.15) is 0 Å². The molecule has 0 aliphatic heterocycles. The first-order valence-corrected chi connectivity index (χ1v) is 5.12. The van der Waals surface area contributed by atoms with Crippen LogP contribution < -0.4 is 29.6 Å². The molecule has 0 bridgehead atoms. The Balaban J connectivity index is 0.00000121. The van der Waals surface area contributed by atoms with E-state index < -0.39 is 14.6 Å². The molecule has 0 amide bonds. The zero-order valence-electron chi connectivity index (χ0n) is 6.32. The fraction of sp³-hybridized carbons (Fsp3) is 0. The van der Waals surface area contributed by atoms with Crippen molar-refractivity contribution in [2.75, 3.05) is 0 Å². The summed E-state index contributed by atoms with van der Waals surface area (Å²) in [5.41, 5.74) is 0. The summed E-state index contributed by atoms with van der Waals surface area (Å²) in [6, 6.07) is 4.60. The van der Waals surface area contributed by atoms with E-state index >= 15 is 0 Å². The number of hydrogen-bond donors (Lipinski definition) is 0. The van der Waals surface area contributed by atoms with E-state index in [1.807, 2.05) is 0 Å². The van der Waals surface area contributed by atoms with Crippen LogP contribution in [0.25, 0.3) is 0 Å². The standard InChI is InChI=1S/C6H5FO2S2.Na/c7-5-2-1-3-6(4-5)11(8,9)10;/h1-4H,(H,8,9,10);/q;+1/p-1. The number of hydrogen-bond acceptors (Lipinski definition) is 3. The Hall–Kier alpha value is 0.480. The van der Waals surface area contributed by atoms with Crippen LogP contribution in [-0.2, 0) is 20.0 Å². The molecule has 0 aliphatic carbocycles. The number of rotatable bonds is 1. The molecule has 1 unspecified atom stereocenters. The summed E-state index contributed by atoms with van der Waals surface area (Å²) in [5.74, 6) is -0.601. The molecule has 2 nitrogen and oxygen atoms in total. The molecule has 1 atom stereocenters. The maximum atomic E-state index is 12.4. The molecular weight excluding hydrogens is 210 g/mol. The van der Waals surface area contributed by atoms with Crippen LogP contribution in [0.4, 0.5) is 4.39 Å². The minimum Gasteiger partial charge on any atom is -0.766 e. The molecule has 1 rings (SSSR count). The molecule has 0 saturated carbocycles. The number of halogens is 1. The fourth-order valence-corrected chi connectivity index (χ4v) is 1.44. The molecule has 1 aromatic rings. The molecule has 0 fully saturated rings. The largest absolute Gasteiger partial charge is 1.00 e. The molecule has 0 saturated heterocycles. The average molecular weight is 214 g/mol. The number of benzene rings is 1. The van der Waals surface area contributed by atoms with Gasteiger partial charge in [0.05, 0.1) is 0 Å². The van der Waals surface area contributed by atoms with Gasteiger partial charge < -0.3 is 4.55 Å². The molecule has 0 aromatic heterocycles. The third kappa shape index (κ3) is 3.47. The van der Waals surface area contributed by atoms with Gasteiger partial charge in [0, 0.05) is 4.90 Å². The Morgan fingerprint density at radius 1 is 1.50 bits per heavy atom. The molecule has 12 heavy (non-hydrogen) atoms. The van der Waals surface area contributed by atoms with E-state index in [0.29, 0.717) is 0 Å². The summed E-state index contributed by atoms with van der Waals surface area (Å²) >= 11 is 4.12. The maximum absolute atomic E-state index is 12.4. The van der Waals surface area contributed by atoms with Gasteiger partial charge in [0.2, 0.25) is 0 Å². The summed E-state index contributed by atoms with van der Waals surface area (Å²) in [6.45, 7) is 0. The molecule has 6 heteroatoms. The summed E-state index contributed by atoms with van der Waals surface area (Å²) in [5, 5.41) is 0. The van der Waals surface area contributed by atoms with Gasteiger partial charge in [-0.3, -0.25) is 4.21 Å². The molecule has 1 aromatic carbocycles. The summed E-state index contributed by atoms with van der Waals surface area (Å²) in [6.07, 6.45) is 0. The zero-order chi connectivity index (χ0) is 8.48. The van der Waals surface area contributed by atoms with Gasteiger partial charge in [-0.25, -0.2) is 4.39 Å².